The third-order valence-corrected chi connectivity index (χ3v) is 6.09. The van der Waals surface area contributed by atoms with Crippen LogP contribution in [0.15, 0.2) is 45.0 Å². The van der Waals surface area contributed by atoms with Crippen molar-refractivity contribution in [1.29, 1.82) is 0 Å². The van der Waals surface area contributed by atoms with Crippen LogP contribution in [0.3, 0.4) is 0 Å². The highest BCUT2D eigenvalue weighted by Gasteiger charge is 2.48. The van der Waals surface area contributed by atoms with Gasteiger partial charge in [-0.25, -0.2) is 0 Å². The molecule has 1 unspecified atom stereocenters. The van der Waals surface area contributed by atoms with Crippen molar-refractivity contribution in [2.45, 2.75) is 32.0 Å². The maximum Gasteiger partial charge on any atom is 0.408 e. The lowest BCUT2D eigenvalue weighted by molar-refractivity contribution is -0.181. The predicted octanol–water partition coefficient (Wildman–Crippen LogP) is 4.25. The summed E-state index contributed by atoms with van der Waals surface area (Å²) in [7, 11) is 0. The number of aryl methyl sites for hydroxylation is 1. The van der Waals surface area contributed by atoms with Crippen LogP contribution in [0.2, 0.25) is 0 Å². The molecule has 4 rings (SSSR count). The van der Waals surface area contributed by atoms with Crippen molar-refractivity contribution in [3.63, 3.8) is 0 Å². The summed E-state index contributed by atoms with van der Waals surface area (Å²) < 4.78 is 45.8. The molecule has 31 heavy (non-hydrogen) atoms. The van der Waals surface area contributed by atoms with E-state index in [2.05, 4.69) is 26.4 Å². The van der Waals surface area contributed by atoms with Gasteiger partial charge in [-0.3, -0.25) is 9.59 Å². The zero-order valence-corrected chi connectivity index (χ0v) is 18.1. The lowest BCUT2D eigenvalue weighted by Gasteiger charge is -2.26. The van der Waals surface area contributed by atoms with Gasteiger partial charge in [0.1, 0.15) is 17.5 Å². The van der Waals surface area contributed by atoms with Crippen LogP contribution in [0, 0.1) is 12.8 Å². The van der Waals surface area contributed by atoms with Crippen molar-refractivity contribution in [2.75, 3.05) is 13.1 Å². The number of hydrogen-bond acceptors (Lipinski definition) is 5. The van der Waals surface area contributed by atoms with E-state index in [-0.39, 0.29) is 31.0 Å². The van der Waals surface area contributed by atoms with Crippen LogP contribution < -0.4 is 5.32 Å². The molecule has 10 heteroatoms. The van der Waals surface area contributed by atoms with Crippen LogP contribution in [0.5, 0.6) is 0 Å². The molecular formula is C21H19BrF3N3O3. The number of hydrogen-bond donors (Lipinski definition) is 1. The van der Waals surface area contributed by atoms with E-state index in [0.717, 1.165) is 9.37 Å². The Labute approximate surface area is 184 Å². The monoisotopic (exact) mass is 497 g/mol. The number of amides is 1. The highest BCUT2D eigenvalue weighted by Crippen LogP contribution is 2.34. The largest absolute Gasteiger partial charge is 0.408 e. The van der Waals surface area contributed by atoms with Gasteiger partial charge in [-0.1, -0.05) is 33.2 Å². The Balaban J connectivity index is 1.57. The molecule has 2 aliphatic heterocycles. The smallest absolute Gasteiger partial charge is 0.380 e. The van der Waals surface area contributed by atoms with Crippen molar-refractivity contribution in [1.82, 2.24) is 15.4 Å². The quantitative estimate of drug-likeness (QED) is 0.639. The number of benzene rings is 1. The van der Waals surface area contributed by atoms with E-state index < -0.39 is 24.0 Å². The van der Waals surface area contributed by atoms with Gasteiger partial charge in [0.2, 0.25) is 0 Å². The van der Waals surface area contributed by atoms with Crippen molar-refractivity contribution in [2.24, 2.45) is 5.92 Å². The van der Waals surface area contributed by atoms with E-state index in [1.54, 1.807) is 19.1 Å². The van der Waals surface area contributed by atoms with Crippen LogP contribution in [-0.4, -0.2) is 47.1 Å². The number of aromatic nitrogens is 1. The third kappa shape index (κ3) is 4.13. The molecule has 2 aliphatic rings. The number of nitrogens with one attached hydrogen (secondary N) is 1. The van der Waals surface area contributed by atoms with Crippen molar-refractivity contribution in [3.05, 3.63) is 51.8 Å². The average Bonchev–Trinajstić information content (AvgIpc) is 3.46. The van der Waals surface area contributed by atoms with Gasteiger partial charge >= 0.3 is 6.18 Å². The van der Waals surface area contributed by atoms with Crippen LogP contribution in [0.25, 0.3) is 11.3 Å². The number of rotatable bonds is 4. The zero-order valence-electron chi connectivity index (χ0n) is 16.5. The fraction of sp³-hybridized carbons (Fsp3) is 0.381. The zero-order chi connectivity index (χ0) is 22.3. The summed E-state index contributed by atoms with van der Waals surface area (Å²) in [6, 6.07) is 5.42. The van der Waals surface area contributed by atoms with E-state index in [4.69, 9.17) is 4.52 Å². The first kappa shape index (κ1) is 21.6. The fourth-order valence-corrected chi connectivity index (χ4v) is 4.28. The summed E-state index contributed by atoms with van der Waals surface area (Å²) in [6.45, 7) is 1.78. The van der Waals surface area contributed by atoms with Crippen molar-refractivity contribution in [3.8, 4) is 11.3 Å². The minimum absolute atomic E-state index is 0.0220. The van der Waals surface area contributed by atoms with Crippen LogP contribution >= 0.6 is 15.9 Å². The molecule has 2 aromatic rings. The first-order valence-corrected chi connectivity index (χ1v) is 10.6. The van der Waals surface area contributed by atoms with Crippen molar-refractivity contribution < 1.29 is 27.3 Å². The van der Waals surface area contributed by atoms with Gasteiger partial charge in [0.15, 0.2) is 5.78 Å². The maximum atomic E-state index is 13.2. The van der Waals surface area contributed by atoms with Crippen LogP contribution in [-0.2, 0) is 4.79 Å². The molecule has 1 fully saturated rings. The Morgan fingerprint density at radius 1 is 1.26 bits per heavy atom. The van der Waals surface area contributed by atoms with E-state index in [0.29, 0.717) is 29.0 Å². The van der Waals surface area contributed by atoms with Gasteiger partial charge in [0.25, 0.3) is 5.91 Å². The standard InChI is InChI=1S/C21H19BrF3N3O3/c1-11-17(18(27-31-11)12-4-6-14(22)7-5-12)19(29)13-9-15(26-10-13)20(30)28-8-2-3-16(28)21(23,24)25/h4-7,9,13,16,26H,2-3,8,10H2,1H3/t13?,16-/m0/s1. The van der Waals surface area contributed by atoms with Crippen molar-refractivity contribution >= 4 is 27.6 Å². The third-order valence-electron chi connectivity index (χ3n) is 5.57. The minimum atomic E-state index is -4.47. The Morgan fingerprint density at radius 2 is 1.97 bits per heavy atom. The van der Waals surface area contributed by atoms with Gasteiger partial charge < -0.3 is 14.7 Å². The van der Waals surface area contributed by atoms with Gasteiger partial charge in [0.05, 0.1) is 17.2 Å². The molecule has 0 bridgehead atoms. The molecule has 0 aliphatic carbocycles. The van der Waals surface area contributed by atoms with Gasteiger partial charge in [-0.15, -0.1) is 0 Å². The molecule has 164 valence electrons. The fourth-order valence-electron chi connectivity index (χ4n) is 4.01. The van der Waals surface area contributed by atoms with Gasteiger partial charge in [0, 0.05) is 23.1 Å². The molecule has 1 aromatic heterocycles. The molecule has 0 spiro atoms. The van der Waals surface area contributed by atoms with Crippen LogP contribution in [0.1, 0.15) is 29.0 Å². The van der Waals surface area contributed by atoms with Gasteiger partial charge in [-0.2, -0.15) is 13.2 Å². The summed E-state index contributed by atoms with van der Waals surface area (Å²) in [5.41, 5.74) is 1.40. The number of ketones is 1. The molecule has 2 atom stereocenters. The number of carbonyl (C=O) groups is 2. The lowest BCUT2D eigenvalue weighted by Crippen LogP contribution is -2.46. The number of nitrogens with zero attached hydrogens (tertiary/aromatic N) is 2. The molecule has 1 amide bonds. The van der Waals surface area contributed by atoms with Crippen LogP contribution in [0.4, 0.5) is 13.2 Å². The highest BCUT2D eigenvalue weighted by molar-refractivity contribution is 9.10. The molecule has 0 radical (unpaired) electrons. The summed E-state index contributed by atoms with van der Waals surface area (Å²) in [4.78, 5) is 26.7. The SMILES string of the molecule is Cc1onc(-c2ccc(Br)cc2)c1C(=O)C1C=C(C(=O)N2CCC[C@H]2C(F)(F)F)NC1. The Kier molecular flexibility index (Phi) is 5.67. The average molecular weight is 498 g/mol. The molecule has 6 nitrogen and oxygen atoms in total. The Hall–Kier alpha value is -2.62. The second-order valence-corrected chi connectivity index (χ2v) is 8.52. The second kappa shape index (κ2) is 8.14. The molecule has 0 saturated carbocycles. The van der Waals surface area contributed by atoms with E-state index in [1.807, 2.05) is 12.1 Å². The maximum absolute atomic E-state index is 13.2. The topological polar surface area (TPSA) is 75.4 Å². The number of alkyl halides is 3. The number of halogens is 4. The first-order valence-electron chi connectivity index (χ1n) is 9.76. The van der Waals surface area contributed by atoms with E-state index in [9.17, 15) is 22.8 Å². The molecule has 1 saturated heterocycles. The number of likely N-dealkylation sites (tertiary alicyclic amines) is 1. The molecule has 3 heterocycles. The Bertz CT molecular complexity index is 1050. The summed E-state index contributed by atoms with van der Waals surface area (Å²) in [5, 5.41) is 6.82. The minimum Gasteiger partial charge on any atom is -0.380 e. The number of Topliss-reactive ketones (excluding diaryl/α,β-unsaturated/α-hetero) is 1. The van der Waals surface area contributed by atoms with Gasteiger partial charge in [-0.05, 0) is 38.0 Å². The normalized spacial score (nSPS) is 21.2. The van der Waals surface area contributed by atoms with E-state index in [1.165, 1.54) is 6.08 Å². The Morgan fingerprint density at radius 3 is 2.65 bits per heavy atom. The summed E-state index contributed by atoms with van der Waals surface area (Å²) in [6.07, 6.45) is -2.88. The molecular weight excluding hydrogens is 479 g/mol. The van der Waals surface area contributed by atoms with E-state index >= 15 is 0 Å². The summed E-state index contributed by atoms with van der Waals surface area (Å²) >= 11 is 3.36. The second-order valence-electron chi connectivity index (χ2n) is 7.60. The highest BCUT2D eigenvalue weighted by atomic mass is 79.9. The molecule has 1 aromatic carbocycles. The molecule has 1 N–H and O–H groups in total. The predicted molar refractivity (Wildman–Crippen MR) is 109 cm³/mol. The lowest BCUT2D eigenvalue weighted by atomic mass is 9.94. The first-order chi connectivity index (χ1) is 14.7. The number of carbonyl (C=O) groups excluding carboxylic acids is 2. The summed E-state index contributed by atoms with van der Waals surface area (Å²) in [5.74, 6) is -1.41.